The van der Waals surface area contributed by atoms with Gasteiger partial charge in [0.2, 0.25) is 0 Å². The number of pyridine rings is 1. The summed E-state index contributed by atoms with van der Waals surface area (Å²) in [4.78, 5) is 4.47. The molecule has 2 aromatic carbocycles. The SMILES string of the molecule is Cc1ccc2c(c1-c1n(-c3c(C(C)C)cccc3C(C)C)cc[n+]1C)C(C)(C)c1ccncc1-2. The topological polar surface area (TPSA) is 21.7 Å². The van der Waals surface area contributed by atoms with Crippen LogP contribution in [0.3, 0.4) is 0 Å². The Hall–Kier alpha value is -3.20. The number of imidazole rings is 1. The van der Waals surface area contributed by atoms with Gasteiger partial charge in [-0.2, -0.15) is 4.57 Å². The Morgan fingerprint density at radius 3 is 2.24 bits per heavy atom. The maximum atomic E-state index is 4.47. The van der Waals surface area contributed by atoms with Gasteiger partial charge >= 0.3 is 0 Å². The van der Waals surface area contributed by atoms with Gasteiger partial charge < -0.3 is 0 Å². The van der Waals surface area contributed by atoms with Crippen LogP contribution in [-0.2, 0) is 12.5 Å². The minimum Gasteiger partial charge on any atom is -0.264 e. The van der Waals surface area contributed by atoms with Crippen LogP contribution in [0.1, 0.15) is 81.2 Å². The second kappa shape index (κ2) is 7.94. The van der Waals surface area contributed by atoms with E-state index in [0.29, 0.717) is 11.8 Å². The van der Waals surface area contributed by atoms with E-state index in [2.05, 4.69) is 118 Å². The molecule has 1 aliphatic carbocycles. The molecule has 0 N–H and O–H groups in total. The number of benzene rings is 2. The van der Waals surface area contributed by atoms with Crippen molar-refractivity contribution in [2.24, 2.45) is 7.05 Å². The van der Waals surface area contributed by atoms with Gasteiger partial charge in [0.15, 0.2) is 0 Å². The number of aromatic nitrogens is 3. The number of fused-ring (bicyclic) bond motifs is 3. The summed E-state index contributed by atoms with van der Waals surface area (Å²) >= 11 is 0. The standard InChI is InChI=1S/C31H36N3/c1-19(2)22-10-9-11-23(20(3)4)29(22)34-17-16-33(8)30(34)27-21(5)12-13-24-25-18-32-15-14-26(25)31(6,7)28(24)27/h9-20H,1-8H3/q+1. The molecule has 2 aromatic heterocycles. The average molecular weight is 451 g/mol. The average Bonchev–Trinajstić information content (AvgIpc) is 3.28. The molecular weight excluding hydrogens is 414 g/mol. The monoisotopic (exact) mass is 450 g/mol. The molecule has 0 spiro atoms. The van der Waals surface area contributed by atoms with Crippen molar-refractivity contribution in [3.8, 4) is 28.2 Å². The van der Waals surface area contributed by atoms with Crippen molar-refractivity contribution in [3.63, 3.8) is 0 Å². The molecule has 0 saturated heterocycles. The van der Waals surface area contributed by atoms with Crippen LogP contribution >= 0.6 is 0 Å². The largest absolute Gasteiger partial charge is 0.294 e. The highest BCUT2D eigenvalue weighted by molar-refractivity contribution is 5.87. The number of rotatable bonds is 4. The van der Waals surface area contributed by atoms with Gasteiger partial charge in [-0.1, -0.05) is 71.9 Å². The summed E-state index contributed by atoms with van der Waals surface area (Å²) in [6.07, 6.45) is 8.41. The molecule has 3 heteroatoms. The molecular formula is C31H36N3+. The molecule has 174 valence electrons. The van der Waals surface area contributed by atoms with Gasteiger partial charge in [0, 0.05) is 34.5 Å². The maximum Gasteiger partial charge on any atom is 0.294 e. The van der Waals surface area contributed by atoms with E-state index < -0.39 is 0 Å². The van der Waals surface area contributed by atoms with Gasteiger partial charge in [-0.3, -0.25) is 4.98 Å². The van der Waals surface area contributed by atoms with Crippen LogP contribution in [0.4, 0.5) is 0 Å². The summed E-state index contributed by atoms with van der Waals surface area (Å²) < 4.78 is 4.74. The first-order chi connectivity index (χ1) is 16.1. The Kier molecular flexibility index (Phi) is 5.27. The Balaban J connectivity index is 1.87. The zero-order chi connectivity index (χ0) is 24.4. The summed E-state index contributed by atoms with van der Waals surface area (Å²) in [6.45, 7) is 16.1. The predicted molar refractivity (Wildman–Crippen MR) is 141 cm³/mol. The van der Waals surface area contributed by atoms with E-state index >= 15 is 0 Å². The molecule has 2 heterocycles. The van der Waals surface area contributed by atoms with Gasteiger partial charge in [0.05, 0.1) is 12.6 Å². The second-order valence-corrected chi connectivity index (χ2v) is 10.9. The lowest BCUT2D eigenvalue weighted by Gasteiger charge is -2.25. The van der Waals surface area contributed by atoms with Crippen molar-refractivity contribution in [1.29, 1.82) is 0 Å². The molecule has 0 aliphatic heterocycles. The Bertz CT molecular complexity index is 1380. The summed E-state index contributed by atoms with van der Waals surface area (Å²) in [5.74, 6) is 2.10. The summed E-state index contributed by atoms with van der Waals surface area (Å²) in [5.41, 5.74) is 12.0. The van der Waals surface area contributed by atoms with Crippen molar-refractivity contribution in [2.75, 3.05) is 0 Å². The van der Waals surface area contributed by atoms with Crippen LogP contribution in [-0.4, -0.2) is 9.55 Å². The van der Waals surface area contributed by atoms with E-state index in [1.54, 1.807) is 0 Å². The number of para-hydroxylation sites is 1. The lowest BCUT2D eigenvalue weighted by molar-refractivity contribution is -0.659. The lowest BCUT2D eigenvalue weighted by atomic mass is 9.79. The molecule has 1 aliphatic rings. The highest BCUT2D eigenvalue weighted by Crippen LogP contribution is 2.52. The number of aryl methyl sites for hydroxylation is 2. The molecule has 0 bridgehead atoms. The normalized spacial score (nSPS) is 14.1. The maximum absolute atomic E-state index is 4.47. The van der Waals surface area contributed by atoms with E-state index in [1.165, 1.54) is 56.0 Å². The molecule has 0 fully saturated rings. The first kappa shape index (κ1) is 22.6. The molecule has 34 heavy (non-hydrogen) atoms. The molecule has 5 rings (SSSR count). The van der Waals surface area contributed by atoms with Gasteiger partial charge in [0.1, 0.15) is 18.1 Å². The van der Waals surface area contributed by atoms with Crippen molar-refractivity contribution < 1.29 is 4.57 Å². The summed E-state index contributed by atoms with van der Waals surface area (Å²) in [5, 5.41) is 0. The first-order valence-corrected chi connectivity index (χ1v) is 12.4. The third-order valence-electron chi connectivity index (χ3n) is 7.63. The minimum absolute atomic E-state index is 0.102. The van der Waals surface area contributed by atoms with E-state index in [1.807, 2.05) is 12.4 Å². The first-order valence-electron chi connectivity index (χ1n) is 12.4. The number of hydrogen-bond donors (Lipinski definition) is 0. The molecule has 0 radical (unpaired) electrons. The molecule has 3 nitrogen and oxygen atoms in total. The molecule has 0 unspecified atom stereocenters. The molecule has 0 saturated carbocycles. The van der Waals surface area contributed by atoms with Crippen molar-refractivity contribution in [3.05, 3.63) is 89.0 Å². The van der Waals surface area contributed by atoms with Crippen LogP contribution in [0.25, 0.3) is 28.2 Å². The van der Waals surface area contributed by atoms with Crippen molar-refractivity contribution in [2.45, 2.75) is 65.7 Å². The zero-order valence-electron chi connectivity index (χ0n) is 21.8. The molecule has 0 amide bonds. The van der Waals surface area contributed by atoms with Crippen LogP contribution in [0, 0.1) is 6.92 Å². The summed E-state index contributed by atoms with van der Waals surface area (Å²) in [6, 6.07) is 13.6. The van der Waals surface area contributed by atoms with Crippen LogP contribution < -0.4 is 4.57 Å². The number of nitrogens with zero attached hydrogens (tertiary/aromatic N) is 3. The Morgan fingerprint density at radius 1 is 0.912 bits per heavy atom. The van der Waals surface area contributed by atoms with E-state index in [-0.39, 0.29) is 5.41 Å². The highest BCUT2D eigenvalue weighted by atomic mass is 15.1. The molecule has 0 atom stereocenters. The fourth-order valence-electron chi connectivity index (χ4n) is 5.90. The Labute approximate surface area is 204 Å². The van der Waals surface area contributed by atoms with Crippen molar-refractivity contribution >= 4 is 0 Å². The third kappa shape index (κ3) is 3.17. The van der Waals surface area contributed by atoms with E-state index in [0.717, 1.165) is 0 Å². The zero-order valence-corrected chi connectivity index (χ0v) is 21.8. The highest BCUT2D eigenvalue weighted by Gasteiger charge is 2.41. The molecule has 4 aromatic rings. The Morgan fingerprint density at radius 2 is 1.59 bits per heavy atom. The second-order valence-electron chi connectivity index (χ2n) is 10.9. The summed E-state index contributed by atoms with van der Waals surface area (Å²) in [7, 11) is 2.17. The van der Waals surface area contributed by atoms with Crippen LogP contribution in [0.2, 0.25) is 0 Å². The van der Waals surface area contributed by atoms with E-state index in [4.69, 9.17) is 0 Å². The fraction of sp³-hybridized carbons (Fsp3) is 0.355. The minimum atomic E-state index is -0.102. The van der Waals surface area contributed by atoms with Gasteiger partial charge in [-0.15, -0.1) is 0 Å². The van der Waals surface area contributed by atoms with E-state index in [9.17, 15) is 0 Å². The predicted octanol–water partition coefficient (Wildman–Crippen LogP) is 7.23. The quantitative estimate of drug-likeness (QED) is 0.301. The fourth-order valence-corrected chi connectivity index (χ4v) is 5.90. The lowest BCUT2D eigenvalue weighted by Crippen LogP contribution is -2.31. The van der Waals surface area contributed by atoms with Crippen molar-refractivity contribution in [1.82, 2.24) is 9.55 Å². The van der Waals surface area contributed by atoms with Gasteiger partial charge in [0.25, 0.3) is 5.82 Å². The third-order valence-corrected chi connectivity index (χ3v) is 7.63. The van der Waals surface area contributed by atoms with Gasteiger partial charge in [-0.25, -0.2) is 4.57 Å². The van der Waals surface area contributed by atoms with Crippen LogP contribution in [0.15, 0.2) is 61.2 Å². The number of hydrogen-bond acceptors (Lipinski definition) is 1. The smallest absolute Gasteiger partial charge is 0.264 e. The van der Waals surface area contributed by atoms with Gasteiger partial charge in [-0.05, 0) is 47.1 Å². The van der Waals surface area contributed by atoms with Crippen LogP contribution in [0.5, 0.6) is 0 Å².